The Balaban J connectivity index is 2.47. The monoisotopic (exact) mass is 209 g/mol. The van der Waals surface area contributed by atoms with Crippen molar-refractivity contribution in [2.24, 2.45) is 5.73 Å². The SMILES string of the molecule is NCc1ncc2ccc3ccccc3c2n1. The molecule has 0 fully saturated rings. The molecule has 0 aliphatic heterocycles. The third kappa shape index (κ3) is 1.33. The van der Waals surface area contributed by atoms with Gasteiger partial charge in [-0.15, -0.1) is 0 Å². The van der Waals surface area contributed by atoms with Crippen molar-refractivity contribution >= 4 is 21.7 Å². The lowest BCUT2D eigenvalue weighted by molar-refractivity contribution is 0.928. The molecule has 2 N–H and O–H groups in total. The number of hydrogen-bond acceptors (Lipinski definition) is 3. The van der Waals surface area contributed by atoms with Crippen LogP contribution in [0.2, 0.25) is 0 Å². The third-order valence-corrected chi connectivity index (χ3v) is 2.71. The summed E-state index contributed by atoms with van der Waals surface area (Å²) < 4.78 is 0. The lowest BCUT2D eigenvalue weighted by Gasteiger charge is -2.03. The van der Waals surface area contributed by atoms with E-state index in [1.807, 2.05) is 24.4 Å². The third-order valence-electron chi connectivity index (χ3n) is 2.71. The molecule has 0 aliphatic rings. The summed E-state index contributed by atoms with van der Waals surface area (Å²) in [6.07, 6.45) is 1.83. The first-order chi connectivity index (χ1) is 7.88. The van der Waals surface area contributed by atoms with Gasteiger partial charge in [0.25, 0.3) is 0 Å². The zero-order valence-electron chi connectivity index (χ0n) is 8.72. The minimum atomic E-state index is 0.374. The van der Waals surface area contributed by atoms with Gasteiger partial charge in [0.05, 0.1) is 12.1 Å². The Labute approximate surface area is 92.9 Å². The van der Waals surface area contributed by atoms with Crippen molar-refractivity contribution in [1.82, 2.24) is 9.97 Å². The van der Waals surface area contributed by atoms with Crippen LogP contribution in [-0.4, -0.2) is 9.97 Å². The fraction of sp³-hybridized carbons (Fsp3) is 0.0769. The second-order valence-corrected chi connectivity index (χ2v) is 3.71. The van der Waals surface area contributed by atoms with E-state index in [0.29, 0.717) is 12.4 Å². The van der Waals surface area contributed by atoms with Gasteiger partial charge >= 0.3 is 0 Å². The predicted molar refractivity (Wildman–Crippen MR) is 64.9 cm³/mol. The van der Waals surface area contributed by atoms with Gasteiger partial charge in [-0.1, -0.05) is 36.4 Å². The maximum absolute atomic E-state index is 5.56. The average molecular weight is 209 g/mol. The normalized spacial score (nSPS) is 11.1. The Morgan fingerprint density at radius 3 is 2.69 bits per heavy atom. The molecule has 0 radical (unpaired) electrons. The quantitative estimate of drug-likeness (QED) is 0.625. The van der Waals surface area contributed by atoms with Gasteiger partial charge in [-0.3, -0.25) is 0 Å². The van der Waals surface area contributed by atoms with E-state index in [1.165, 1.54) is 5.39 Å². The molecule has 78 valence electrons. The minimum Gasteiger partial charge on any atom is -0.324 e. The number of aromatic nitrogens is 2. The summed E-state index contributed by atoms with van der Waals surface area (Å²) in [4.78, 5) is 8.68. The van der Waals surface area contributed by atoms with Gasteiger partial charge in [0.15, 0.2) is 0 Å². The molecule has 0 bridgehead atoms. The summed E-state index contributed by atoms with van der Waals surface area (Å²) in [6, 6.07) is 12.3. The Morgan fingerprint density at radius 1 is 1.00 bits per heavy atom. The molecule has 1 heterocycles. The first-order valence-corrected chi connectivity index (χ1v) is 5.22. The second-order valence-electron chi connectivity index (χ2n) is 3.71. The molecule has 0 unspecified atom stereocenters. The first-order valence-electron chi connectivity index (χ1n) is 5.22. The average Bonchev–Trinajstić information content (AvgIpc) is 2.38. The molecule has 0 saturated carbocycles. The van der Waals surface area contributed by atoms with Crippen LogP contribution >= 0.6 is 0 Å². The Kier molecular flexibility index (Phi) is 2.04. The molecule has 0 saturated heterocycles. The smallest absolute Gasteiger partial charge is 0.142 e. The highest BCUT2D eigenvalue weighted by Crippen LogP contribution is 2.22. The molecule has 0 aliphatic carbocycles. The molecule has 16 heavy (non-hydrogen) atoms. The van der Waals surface area contributed by atoms with E-state index < -0.39 is 0 Å². The fourth-order valence-corrected chi connectivity index (χ4v) is 1.90. The summed E-state index contributed by atoms with van der Waals surface area (Å²) in [7, 11) is 0. The van der Waals surface area contributed by atoms with Crippen molar-refractivity contribution in [3.63, 3.8) is 0 Å². The van der Waals surface area contributed by atoms with Gasteiger partial charge in [-0.25, -0.2) is 9.97 Å². The Morgan fingerprint density at radius 2 is 1.81 bits per heavy atom. The van der Waals surface area contributed by atoms with Crippen LogP contribution in [0.3, 0.4) is 0 Å². The second kappa shape index (κ2) is 3.54. The van der Waals surface area contributed by atoms with Gasteiger partial charge < -0.3 is 5.73 Å². The Hall–Kier alpha value is -2.00. The molecule has 3 rings (SSSR count). The van der Waals surface area contributed by atoms with Crippen LogP contribution in [0.1, 0.15) is 5.82 Å². The Bertz CT molecular complexity index is 661. The van der Waals surface area contributed by atoms with E-state index >= 15 is 0 Å². The molecule has 2 aromatic carbocycles. The molecule has 0 amide bonds. The number of fused-ring (bicyclic) bond motifs is 3. The number of nitrogens with two attached hydrogens (primary N) is 1. The van der Waals surface area contributed by atoms with E-state index in [0.717, 1.165) is 16.3 Å². The maximum Gasteiger partial charge on any atom is 0.142 e. The largest absolute Gasteiger partial charge is 0.324 e. The molecule has 0 spiro atoms. The van der Waals surface area contributed by atoms with Gasteiger partial charge in [0.2, 0.25) is 0 Å². The highest BCUT2D eigenvalue weighted by molar-refractivity contribution is 6.04. The van der Waals surface area contributed by atoms with E-state index in [2.05, 4.69) is 28.2 Å². The van der Waals surface area contributed by atoms with Crippen LogP contribution in [0.4, 0.5) is 0 Å². The zero-order chi connectivity index (χ0) is 11.0. The van der Waals surface area contributed by atoms with Crippen molar-refractivity contribution in [2.75, 3.05) is 0 Å². The standard InChI is InChI=1S/C13H11N3/c14-7-12-15-8-10-6-5-9-3-1-2-4-11(9)13(10)16-12/h1-6,8H,7,14H2. The summed E-state index contributed by atoms with van der Waals surface area (Å²) in [6.45, 7) is 0.374. The van der Waals surface area contributed by atoms with E-state index in [4.69, 9.17) is 5.73 Å². The van der Waals surface area contributed by atoms with Crippen molar-refractivity contribution in [2.45, 2.75) is 6.54 Å². The summed E-state index contributed by atoms with van der Waals surface area (Å²) >= 11 is 0. The lowest BCUT2D eigenvalue weighted by Crippen LogP contribution is -2.02. The van der Waals surface area contributed by atoms with Gasteiger partial charge in [-0.05, 0) is 5.39 Å². The summed E-state index contributed by atoms with van der Waals surface area (Å²) in [5.74, 6) is 0.684. The molecule has 3 heteroatoms. The topological polar surface area (TPSA) is 51.8 Å². The summed E-state index contributed by atoms with van der Waals surface area (Å²) in [5, 5.41) is 3.39. The predicted octanol–water partition coefficient (Wildman–Crippen LogP) is 2.24. The lowest BCUT2D eigenvalue weighted by atomic mass is 10.1. The molecular formula is C13H11N3. The molecule has 3 nitrogen and oxygen atoms in total. The number of hydrogen-bond donors (Lipinski definition) is 1. The molecule has 0 atom stereocenters. The van der Waals surface area contributed by atoms with Crippen molar-refractivity contribution in [1.29, 1.82) is 0 Å². The number of rotatable bonds is 1. The maximum atomic E-state index is 5.56. The van der Waals surface area contributed by atoms with Crippen LogP contribution in [-0.2, 0) is 6.54 Å². The fourth-order valence-electron chi connectivity index (χ4n) is 1.90. The molecular weight excluding hydrogens is 198 g/mol. The first kappa shape index (κ1) is 9.24. The van der Waals surface area contributed by atoms with Crippen LogP contribution in [0.25, 0.3) is 21.7 Å². The van der Waals surface area contributed by atoms with E-state index in [9.17, 15) is 0 Å². The van der Waals surface area contributed by atoms with Gasteiger partial charge in [-0.2, -0.15) is 0 Å². The van der Waals surface area contributed by atoms with Crippen molar-refractivity contribution < 1.29 is 0 Å². The number of nitrogens with zero attached hydrogens (tertiary/aromatic N) is 2. The van der Waals surface area contributed by atoms with Crippen LogP contribution in [0, 0.1) is 0 Å². The van der Waals surface area contributed by atoms with Gasteiger partial charge in [0.1, 0.15) is 5.82 Å². The van der Waals surface area contributed by atoms with E-state index in [1.54, 1.807) is 0 Å². The highest BCUT2D eigenvalue weighted by Gasteiger charge is 2.02. The van der Waals surface area contributed by atoms with Crippen LogP contribution < -0.4 is 5.73 Å². The summed E-state index contributed by atoms with van der Waals surface area (Å²) in [5.41, 5.74) is 6.54. The number of benzene rings is 2. The zero-order valence-corrected chi connectivity index (χ0v) is 8.72. The van der Waals surface area contributed by atoms with Crippen molar-refractivity contribution in [3.8, 4) is 0 Å². The van der Waals surface area contributed by atoms with E-state index in [-0.39, 0.29) is 0 Å². The molecule has 3 aromatic rings. The van der Waals surface area contributed by atoms with Crippen LogP contribution in [0.15, 0.2) is 42.6 Å². The van der Waals surface area contributed by atoms with Gasteiger partial charge in [0, 0.05) is 17.0 Å². The van der Waals surface area contributed by atoms with Crippen molar-refractivity contribution in [3.05, 3.63) is 48.4 Å². The minimum absolute atomic E-state index is 0.374. The highest BCUT2D eigenvalue weighted by atomic mass is 14.9. The molecule has 1 aromatic heterocycles. The van der Waals surface area contributed by atoms with Crippen LogP contribution in [0.5, 0.6) is 0 Å².